The summed E-state index contributed by atoms with van der Waals surface area (Å²) in [5, 5.41) is 2.94. The highest BCUT2D eigenvalue weighted by atomic mass is 16.5. The van der Waals surface area contributed by atoms with Gasteiger partial charge in [-0.05, 0) is 24.1 Å². The van der Waals surface area contributed by atoms with Gasteiger partial charge >= 0.3 is 0 Å². The molecule has 0 saturated carbocycles. The fourth-order valence-electron chi connectivity index (χ4n) is 1.51. The van der Waals surface area contributed by atoms with Crippen molar-refractivity contribution >= 4 is 11.6 Å². The highest BCUT2D eigenvalue weighted by Crippen LogP contribution is 2.08. The molecule has 0 bridgehead atoms. The molecule has 1 rings (SSSR count). The molecule has 0 spiro atoms. The minimum Gasteiger partial charge on any atom is -0.399 e. The lowest BCUT2D eigenvalue weighted by Gasteiger charge is -2.21. The average Bonchev–Trinajstić information content (AvgIpc) is 2.28. The van der Waals surface area contributed by atoms with Crippen LogP contribution in [-0.2, 0) is 4.74 Å². The third-order valence-electron chi connectivity index (χ3n) is 2.62. The molecule has 0 saturated heterocycles. The third kappa shape index (κ3) is 4.07. The molecule has 1 aromatic carbocycles. The van der Waals surface area contributed by atoms with Crippen molar-refractivity contribution in [3.63, 3.8) is 0 Å². The Labute approximate surface area is 102 Å². The van der Waals surface area contributed by atoms with Crippen LogP contribution in [0.4, 0.5) is 5.69 Å². The van der Waals surface area contributed by atoms with Gasteiger partial charge < -0.3 is 15.8 Å². The SMILES string of the molecule is COCC(NC(=O)c1cccc(N)c1)C(C)C. The lowest BCUT2D eigenvalue weighted by molar-refractivity contribution is 0.0866. The Kier molecular flexibility index (Phi) is 4.97. The number of nitrogen functional groups attached to an aromatic ring is 1. The van der Waals surface area contributed by atoms with Crippen molar-refractivity contribution in [1.29, 1.82) is 0 Å². The first kappa shape index (κ1) is 13.5. The second kappa shape index (κ2) is 6.25. The van der Waals surface area contributed by atoms with Crippen LogP contribution in [0.3, 0.4) is 0 Å². The summed E-state index contributed by atoms with van der Waals surface area (Å²) in [6.45, 7) is 4.60. The van der Waals surface area contributed by atoms with Gasteiger partial charge in [0.15, 0.2) is 0 Å². The third-order valence-corrected chi connectivity index (χ3v) is 2.62. The first-order valence-corrected chi connectivity index (χ1v) is 5.70. The second-order valence-electron chi connectivity index (χ2n) is 4.40. The maximum atomic E-state index is 12.0. The molecule has 0 aliphatic heterocycles. The van der Waals surface area contributed by atoms with Crippen molar-refractivity contribution in [2.75, 3.05) is 19.5 Å². The topological polar surface area (TPSA) is 64.3 Å². The van der Waals surface area contributed by atoms with Gasteiger partial charge in [-0.15, -0.1) is 0 Å². The van der Waals surface area contributed by atoms with E-state index in [-0.39, 0.29) is 11.9 Å². The first-order valence-electron chi connectivity index (χ1n) is 5.70. The zero-order valence-electron chi connectivity index (χ0n) is 10.6. The molecule has 1 aromatic rings. The van der Waals surface area contributed by atoms with E-state index in [0.29, 0.717) is 23.8 Å². The lowest BCUT2D eigenvalue weighted by Crippen LogP contribution is -2.41. The fraction of sp³-hybridized carbons (Fsp3) is 0.462. The minimum absolute atomic E-state index is 0.00827. The second-order valence-corrected chi connectivity index (χ2v) is 4.40. The van der Waals surface area contributed by atoms with E-state index < -0.39 is 0 Å². The molecule has 0 aromatic heterocycles. The lowest BCUT2D eigenvalue weighted by atomic mass is 10.0. The number of hydrogen-bond donors (Lipinski definition) is 2. The molecular formula is C13H20N2O2. The zero-order chi connectivity index (χ0) is 12.8. The van der Waals surface area contributed by atoms with Crippen LogP contribution in [0.5, 0.6) is 0 Å². The van der Waals surface area contributed by atoms with Crippen molar-refractivity contribution < 1.29 is 9.53 Å². The number of carbonyl (C=O) groups is 1. The number of anilines is 1. The summed E-state index contributed by atoms with van der Waals surface area (Å²) in [7, 11) is 1.63. The van der Waals surface area contributed by atoms with E-state index in [1.165, 1.54) is 0 Å². The Bertz CT molecular complexity index is 377. The molecule has 0 aliphatic carbocycles. The van der Waals surface area contributed by atoms with E-state index in [4.69, 9.17) is 10.5 Å². The Balaban J connectivity index is 2.70. The van der Waals surface area contributed by atoms with E-state index in [1.807, 2.05) is 13.8 Å². The van der Waals surface area contributed by atoms with Crippen molar-refractivity contribution in [3.05, 3.63) is 29.8 Å². The highest BCUT2D eigenvalue weighted by molar-refractivity contribution is 5.95. The summed E-state index contributed by atoms with van der Waals surface area (Å²) >= 11 is 0. The number of hydrogen-bond acceptors (Lipinski definition) is 3. The van der Waals surface area contributed by atoms with Crippen LogP contribution >= 0.6 is 0 Å². The smallest absolute Gasteiger partial charge is 0.251 e. The van der Waals surface area contributed by atoms with E-state index >= 15 is 0 Å². The van der Waals surface area contributed by atoms with Crippen molar-refractivity contribution in [1.82, 2.24) is 5.32 Å². The number of nitrogens with one attached hydrogen (secondary N) is 1. The van der Waals surface area contributed by atoms with E-state index in [9.17, 15) is 4.79 Å². The molecule has 1 unspecified atom stereocenters. The van der Waals surface area contributed by atoms with Gasteiger partial charge in [0.1, 0.15) is 0 Å². The molecule has 0 radical (unpaired) electrons. The van der Waals surface area contributed by atoms with E-state index in [1.54, 1.807) is 31.4 Å². The Hall–Kier alpha value is -1.55. The summed E-state index contributed by atoms with van der Waals surface area (Å²) in [5.41, 5.74) is 6.81. The van der Waals surface area contributed by atoms with Gasteiger partial charge in [0.05, 0.1) is 12.6 Å². The largest absolute Gasteiger partial charge is 0.399 e. The van der Waals surface area contributed by atoms with Crippen LogP contribution in [0.15, 0.2) is 24.3 Å². The van der Waals surface area contributed by atoms with Crippen LogP contribution in [0.25, 0.3) is 0 Å². The maximum Gasteiger partial charge on any atom is 0.251 e. The van der Waals surface area contributed by atoms with Crippen molar-refractivity contribution in [3.8, 4) is 0 Å². The quantitative estimate of drug-likeness (QED) is 0.764. The molecule has 3 N–H and O–H groups in total. The molecule has 4 heteroatoms. The first-order chi connectivity index (χ1) is 8.04. The van der Waals surface area contributed by atoms with Crippen LogP contribution in [0.2, 0.25) is 0 Å². The van der Waals surface area contributed by atoms with Gasteiger partial charge in [0, 0.05) is 18.4 Å². The van der Waals surface area contributed by atoms with Gasteiger partial charge in [-0.25, -0.2) is 0 Å². The molecule has 1 atom stereocenters. The van der Waals surface area contributed by atoms with Crippen LogP contribution in [-0.4, -0.2) is 25.7 Å². The summed E-state index contributed by atoms with van der Waals surface area (Å²) in [4.78, 5) is 12.0. The van der Waals surface area contributed by atoms with Gasteiger partial charge in [-0.1, -0.05) is 19.9 Å². The van der Waals surface area contributed by atoms with E-state index in [2.05, 4.69) is 5.32 Å². The summed E-state index contributed by atoms with van der Waals surface area (Å²) in [6.07, 6.45) is 0. The summed E-state index contributed by atoms with van der Waals surface area (Å²) < 4.78 is 5.09. The van der Waals surface area contributed by atoms with Crippen molar-refractivity contribution in [2.24, 2.45) is 5.92 Å². The van der Waals surface area contributed by atoms with Gasteiger partial charge in [-0.3, -0.25) is 4.79 Å². The molecule has 1 amide bonds. The maximum absolute atomic E-state index is 12.0. The minimum atomic E-state index is -0.118. The Morgan fingerprint density at radius 3 is 2.71 bits per heavy atom. The number of rotatable bonds is 5. The van der Waals surface area contributed by atoms with Gasteiger partial charge in [0.2, 0.25) is 0 Å². The number of amides is 1. The number of nitrogens with two attached hydrogens (primary N) is 1. The van der Waals surface area contributed by atoms with Crippen LogP contribution in [0.1, 0.15) is 24.2 Å². The van der Waals surface area contributed by atoms with Gasteiger partial charge in [0.25, 0.3) is 5.91 Å². The normalized spacial score (nSPS) is 12.5. The number of methoxy groups -OCH3 is 1. The molecule has 0 heterocycles. The fourth-order valence-corrected chi connectivity index (χ4v) is 1.51. The molecule has 17 heavy (non-hydrogen) atoms. The summed E-state index contributed by atoms with van der Waals surface area (Å²) in [5.74, 6) is 0.202. The number of ether oxygens (including phenoxy) is 1. The predicted octanol–water partition coefficient (Wildman–Crippen LogP) is 1.67. The zero-order valence-corrected chi connectivity index (χ0v) is 10.6. The summed E-state index contributed by atoms with van der Waals surface area (Å²) in [6, 6.07) is 6.94. The average molecular weight is 236 g/mol. The highest BCUT2D eigenvalue weighted by Gasteiger charge is 2.16. The number of benzene rings is 1. The van der Waals surface area contributed by atoms with Crippen LogP contribution in [0, 0.1) is 5.92 Å². The Morgan fingerprint density at radius 2 is 2.18 bits per heavy atom. The predicted molar refractivity (Wildman–Crippen MR) is 68.8 cm³/mol. The van der Waals surface area contributed by atoms with E-state index in [0.717, 1.165) is 0 Å². The Morgan fingerprint density at radius 1 is 1.47 bits per heavy atom. The number of carbonyl (C=O) groups excluding carboxylic acids is 1. The molecule has 94 valence electrons. The van der Waals surface area contributed by atoms with Crippen molar-refractivity contribution in [2.45, 2.75) is 19.9 Å². The molecular weight excluding hydrogens is 216 g/mol. The molecule has 0 aliphatic rings. The molecule has 0 fully saturated rings. The van der Waals surface area contributed by atoms with Gasteiger partial charge in [-0.2, -0.15) is 0 Å². The monoisotopic (exact) mass is 236 g/mol. The standard InChI is InChI=1S/C13H20N2O2/c1-9(2)12(8-17-3)15-13(16)10-5-4-6-11(14)7-10/h4-7,9,12H,8,14H2,1-3H3,(H,15,16). The molecule has 4 nitrogen and oxygen atoms in total. The van der Waals surface area contributed by atoms with Crippen LogP contribution < -0.4 is 11.1 Å².